The Labute approximate surface area is 205 Å². The van der Waals surface area contributed by atoms with Crippen molar-refractivity contribution in [2.24, 2.45) is 23.7 Å². The second kappa shape index (κ2) is 8.42. The largest absolute Gasteiger partial charge is 0.292 e. The number of carbonyl (C=O) groups excluding carboxylic acids is 4. The number of hydrogen-bond donors (Lipinski definition) is 0. The predicted octanol–water partition coefficient (Wildman–Crippen LogP) is 4.92. The number of imide groups is 1. The highest BCUT2D eigenvalue weighted by Gasteiger charge is 2.62. The van der Waals surface area contributed by atoms with E-state index in [1.807, 2.05) is 0 Å². The smallest absolute Gasteiger partial charge is 0.274 e. The van der Waals surface area contributed by atoms with Crippen LogP contribution in [0, 0.1) is 23.7 Å². The summed E-state index contributed by atoms with van der Waals surface area (Å²) in [6.45, 7) is -0.494. The average Bonchev–Trinajstić information content (AvgIpc) is 3.46. The maximum absolute atomic E-state index is 13.6. The van der Waals surface area contributed by atoms with Crippen LogP contribution in [-0.2, 0) is 9.59 Å². The number of amides is 3. The minimum absolute atomic E-state index is 0.0469. The van der Waals surface area contributed by atoms with Crippen LogP contribution in [-0.4, -0.2) is 40.1 Å². The number of hydrogen-bond acceptors (Lipinski definition) is 4. The Bertz CT molecular complexity index is 1150. The molecule has 2 aliphatic carbocycles. The third-order valence-corrected chi connectivity index (χ3v) is 7.80. The predicted molar refractivity (Wildman–Crippen MR) is 123 cm³/mol. The zero-order valence-corrected chi connectivity index (χ0v) is 19.6. The maximum Gasteiger partial charge on any atom is 0.274 e. The van der Waals surface area contributed by atoms with Gasteiger partial charge in [0, 0.05) is 15.6 Å². The molecule has 3 fully saturated rings. The lowest BCUT2D eigenvalue weighted by atomic mass is 9.81. The molecule has 0 spiro atoms. The minimum atomic E-state index is -0.715. The standard InChI is InChI=1S/C24H19Cl3N2O4/c25-15-5-3-12(4-6-15)19(30)11-28(22(31)17-8-7-16(26)10-18(17)27)29-23(32)20-13-1-2-14(9-13)21(20)24(29)33/h3-8,10,13-14,20-21H,1-2,9,11H2/t13-,14-,20-,21-/m0/s1. The van der Waals surface area contributed by atoms with Gasteiger partial charge in [0.1, 0.15) is 6.54 Å². The molecular weight excluding hydrogens is 487 g/mol. The zero-order chi connectivity index (χ0) is 23.4. The van der Waals surface area contributed by atoms with Crippen LogP contribution >= 0.6 is 34.8 Å². The summed E-state index contributed by atoms with van der Waals surface area (Å²) in [5.41, 5.74) is 0.351. The van der Waals surface area contributed by atoms with E-state index in [1.54, 1.807) is 12.1 Å². The Morgan fingerprint density at radius 2 is 1.45 bits per heavy atom. The average molecular weight is 506 g/mol. The summed E-state index contributed by atoms with van der Waals surface area (Å²) < 4.78 is 0. The molecule has 4 atom stereocenters. The minimum Gasteiger partial charge on any atom is -0.292 e. The van der Waals surface area contributed by atoms with Gasteiger partial charge in [-0.15, -0.1) is 0 Å². The number of fused-ring (bicyclic) bond motifs is 5. The molecule has 0 aromatic heterocycles. The first kappa shape index (κ1) is 22.4. The second-order valence-electron chi connectivity index (χ2n) is 8.79. The van der Waals surface area contributed by atoms with Crippen LogP contribution in [0.15, 0.2) is 42.5 Å². The Balaban J connectivity index is 1.52. The number of nitrogens with zero attached hydrogens (tertiary/aromatic N) is 2. The third-order valence-electron chi connectivity index (χ3n) is 7.00. The van der Waals surface area contributed by atoms with Crippen LogP contribution in [0.1, 0.15) is 40.0 Å². The SMILES string of the molecule is O=C(CN(C(=O)c1ccc(Cl)cc1Cl)N1C(=O)[C@H]2[C@H]3CC[C@@H](C3)[C@@H]2C1=O)c1ccc(Cl)cc1. The van der Waals surface area contributed by atoms with Gasteiger partial charge in [0.05, 0.1) is 22.4 Å². The third kappa shape index (κ3) is 3.74. The molecule has 9 heteroatoms. The fraction of sp³-hybridized carbons (Fsp3) is 0.333. The van der Waals surface area contributed by atoms with Crippen LogP contribution in [0.5, 0.6) is 0 Å². The monoisotopic (exact) mass is 504 g/mol. The molecule has 1 aliphatic heterocycles. The van der Waals surface area contributed by atoms with Gasteiger partial charge in [-0.3, -0.25) is 19.2 Å². The summed E-state index contributed by atoms with van der Waals surface area (Å²) in [5, 5.41) is 2.69. The first-order chi connectivity index (χ1) is 15.8. The normalized spacial score (nSPS) is 25.5. The van der Waals surface area contributed by atoms with E-state index < -0.39 is 41.9 Å². The number of benzene rings is 2. The molecule has 3 aliphatic rings. The molecule has 2 aromatic carbocycles. The molecule has 170 valence electrons. The van der Waals surface area contributed by atoms with Gasteiger partial charge in [-0.05, 0) is 73.6 Å². The van der Waals surface area contributed by atoms with Crippen molar-refractivity contribution >= 4 is 58.3 Å². The van der Waals surface area contributed by atoms with Crippen molar-refractivity contribution in [3.8, 4) is 0 Å². The maximum atomic E-state index is 13.6. The van der Waals surface area contributed by atoms with Gasteiger partial charge >= 0.3 is 0 Å². The Kier molecular flexibility index (Phi) is 5.71. The van der Waals surface area contributed by atoms with E-state index in [9.17, 15) is 19.2 Å². The highest BCUT2D eigenvalue weighted by atomic mass is 35.5. The van der Waals surface area contributed by atoms with E-state index in [0.717, 1.165) is 29.3 Å². The molecule has 0 N–H and O–H groups in total. The van der Waals surface area contributed by atoms with Gasteiger partial charge < -0.3 is 0 Å². The Hall–Kier alpha value is -2.41. The fourth-order valence-electron chi connectivity index (χ4n) is 5.53. The van der Waals surface area contributed by atoms with Crippen molar-refractivity contribution in [2.75, 3.05) is 6.54 Å². The molecule has 6 nitrogen and oxygen atoms in total. The molecule has 0 unspecified atom stereocenters. The van der Waals surface area contributed by atoms with Gasteiger partial charge in [0.15, 0.2) is 5.78 Å². The van der Waals surface area contributed by atoms with Crippen molar-refractivity contribution in [1.82, 2.24) is 10.0 Å². The number of halogens is 3. The Morgan fingerprint density at radius 3 is 2.03 bits per heavy atom. The first-order valence-corrected chi connectivity index (χ1v) is 11.8. The number of carbonyl (C=O) groups is 4. The molecule has 2 saturated carbocycles. The van der Waals surface area contributed by atoms with Gasteiger partial charge in [-0.2, -0.15) is 5.01 Å². The molecule has 5 rings (SSSR count). The second-order valence-corrected chi connectivity index (χ2v) is 10.1. The van der Waals surface area contributed by atoms with E-state index in [1.165, 1.54) is 30.3 Å². The van der Waals surface area contributed by atoms with Crippen LogP contribution < -0.4 is 0 Å². The number of hydrazine groups is 1. The molecule has 2 bridgehead atoms. The summed E-state index contributed by atoms with van der Waals surface area (Å²) in [6.07, 6.45) is 2.67. The molecule has 33 heavy (non-hydrogen) atoms. The van der Waals surface area contributed by atoms with E-state index in [-0.39, 0.29) is 22.4 Å². The van der Waals surface area contributed by atoms with Crippen LogP contribution in [0.2, 0.25) is 15.1 Å². The summed E-state index contributed by atoms with van der Waals surface area (Å²) >= 11 is 18.1. The summed E-state index contributed by atoms with van der Waals surface area (Å²) in [4.78, 5) is 53.4. The van der Waals surface area contributed by atoms with Crippen LogP contribution in [0.3, 0.4) is 0 Å². The van der Waals surface area contributed by atoms with Gasteiger partial charge in [-0.25, -0.2) is 5.01 Å². The van der Waals surface area contributed by atoms with Crippen molar-refractivity contribution in [2.45, 2.75) is 19.3 Å². The lowest BCUT2D eigenvalue weighted by molar-refractivity contribution is -0.154. The molecule has 2 aromatic rings. The van der Waals surface area contributed by atoms with Gasteiger partial charge in [0.2, 0.25) is 0 Å². The van der Waals surface area contributed by atoms with E-state index in [0.29, 0.717) is 15.6 Å². The van der Waals surface area contributed by atoms with Gasteiger partial charge in [-0.1, -0.05) is 34.8 Å². The molecule has 0 radical (unpaired) electrons. The first-order valence-electron chi connectivity index (χ1n) is 10.7. The number of Topliss-reactive ketones (excluding diaryl/α,β-unsaturated/α-hetero) is 1. The quantitative estimate of drug-likeness (QED) is 0.427. The number of ketones is 1. The summed E-state index contributed by atoms with van der Waals surface area (Å²) in [7, 11) is 0. The Morgan fingerprint density at radius 1 is 0.879 bits per heavy atom. The molecule has 1 saturated heterocycles. The highest BCUT2D eigenvalue weighted by Crippen LogP contribution is 2.56. The van der Waals surface area contributed by atoms with Crippen LogP contribution in [0.4, 0.5) is 0 Å². The van der Waals surface area contributed by atoms with Crippen molar-refractivity contribution < 1.29 is 19.2 Å². The fourth-order valence-corrected chi connectivity index (χ4v) is 6.14. The van der Waals surface area contributed by atoms with Crippen molar-refractivity contribution in [3.05, 3.63) is 68.7 Å². The highest BCUT2D eigenvalue weighted by molar-refractivity contribution is 6.36. The lowest BCUT2D eigenvalue weighted by Gasteiger charge is -2.31. The molecule has 3 amide bonds. The summed E-state index contributed by atoms with van der Waals surface area (Å²) in [5.74, 6) is -2.57. The molecular formula is C24H19Cl3N2O4. The van der Waals surface area contributed by atoms with Gasteiger partial charge in [0.25, 0.3) is 17.7 Å². The zero-order valence-electron chi connectivity index (χ0n) is 17.3. The van der Waals surface area contributed by atoms with E-state index in [4.69, 9.17) is 34.8 Å². The van der Waals surface area contributed by atoms with Crippen LogP contribution in [0.25, 0.3) is 0 Å². The lowest BCUT2D eigenvalue weighted by Crippen LogP contribution is -2.52. The molecule has 1 heterocycles. The summed E-state index contributed by atoms with van der Waals surface area (Å²) in [6, 6.07) is 10.5. The number of rotatable bonds is 5. The van der Waals surface area contributed by atoms with E-state index >= 15 is 0 Å². The van der Waals surface area contributed by atoms with Crippen molar-refractivity contribution in [1.29, 1.82) is 0 Å². The van der Waals surface area contributed by atoms with Crippen molar-refractivity contribution in [3.63, 3.8) is 0 Å². The topological polar surface area (TPSA) is 74.8 Å². The van der Waals surface area contributed by atoms with E-state index in [2.05, 4.69) is 0 Å².